The van der Waals surface area contributed by atoms with Crippen LogP contribution >= 0.6 is 0 Å². The number of nitrogens with zero attached hydrogens (tertiary/aromatic N) is 1. The van der Waals surface area contributed by atoms with Gasteiger partial charge in [0.25, 0.3) is 0 Å². The summed E-state index contributed by atoms with van der Waals surface area (Å²) < 4.78 is 42.1. The van der Waals surface area contributed by atoms with Crippen LogP contribution in [0.4, 0.5) is 13.2 Å². The van der Waals surface area contributed by atoms with Crippen LogP contribution in [0.3, 0.4) is 0 Å². The van der Waals surface area contributed by atoms with E-state index < -0.39 is 37.1 Å². The molecule has 0 aromatic rings. The molecule has 0 aliphatic rings. The molecule has 0 aliphatic carbocycles. The molecule has 20 heavy (non-hydrogen) atoms. The third-order valence-corrected chi connectivity index (χ3v) is 2.31. The Labute approximate surface area is 114 Å². The zero-order valence-corrected chi connectivity index (χ0v) is 11.2. The van der Waals surface area contributed by atoms with Crippen molar-refractivity contribution in [3.05, 3.63) is 0 Å². The number of carbonyl (C=O) groups excluding carboxylic acids is 1. The van der Waals surface area contributed by atoms with E-state index in [1.54, 1.807) is 6.92 Å². The fourth-order valence-corrected chi connectivity index (χ4v) is 1.50. The van der Waals surface area contributed by atoms with Crippen LogP contribution in [-0.4, -0.2) is 60.4 Å². The summed E-state index contributed by atoms with van der Waals surface area (Å²) in [4.78, 5) is 22.7. The monoisotopic (exact) mass is 300 g/mol. The van der Waals surface area contributed by atoms with E-state index >= 15 is 0 Å². The van der Waals surface area contributed by atoms with E-state index in [9.17, 15) is 22.8 Å². The number of hydrogen-bond acceptors (Lipinski definition) is 4. The highest BCUT2D eigenvalue weighted by Crippen LogP contribution is 2.17. The number of carbonyl (C=O) groups is 2. The molecule has 0 bridgehead atoms. The lowest BCUT2D eigenvalue weighted by Crippen LogP contribution is -2.48. The van der Waals surface area contributed by atoms with Gasteiger partial charge in [0.2, 0.25) is 5.91 Å². The van der Waals surface area contributed by atoms with Crippen molar-refractivity contribution in [3.63, 3.8) is 0 Å². The molecule has 0 saturated carbocycles. The predicted molar refractivity (Wildman–Crippen MR) is 64.0 cm³/mol. The molecule has 0 heterocycles. The summed E-state index contributed by atoms with van der Waals surface area (Å²) in [5, 5.41) is 8.50. The van der Waals surface area contributed by atoms with E-state index in [0.717, 1.165) is 0 Å². The average molecular weight is 300 g/mol. The second kappa shape index (κ2) is 8.75. The van der Waals surface area contributed by atoms with Gasteiger partial charge in [-0.3, -0.25) is 9.59 Å². The number of ether oxygens (including phenoxy) is 1. The minimum absolute atomic E-state index is 0.189. The molecule has 1 atom stereocenters. The Balaban J connectivity index is 4.56. The molecule has 0 saturated heterocycles. The molecule has 0 spiro atoms. The van der Waals surface area contributed by atoms with Gasteiger partial charge in [0, 0.05) is 19.8 Å². The van der Waals surface area contributed by atoms with Gasteiger partial charge in [-0.2, -0.15) is 13.2 Å². The minimum Gasteiger partial charge on any atom is -0.481 e. The fourth-order valence-electron chi connectivity index (χ4n) is 1.50. The second-order valence-electron chi connectivity index (χ2n) is 4.13. The molecule has 0 aromatic heterocycles. The van der Waals surface area contributed by atoms with Gasteiger partial charge in [-0.05, 0) is 13.3 Å². The van der Waals surface area contributed by atoms with Crippen LogP contribution in [0.1, 0.15) is 19.8 Å². The maximum atomic E-state index is 12.4. The van der Waals surface area contributed by atoms with Crippen LogP contribution in [0.25, 0.3) is 0 Å². The van der Waals surface area contributed by atoms with Crippen molar-refractivity contribution in [2.45, 2.75) is 32.0 Å². The Kier molecular flexibility index (Phi) is 8.16. The van der Waals surface area contributed by atoms with Gasteiger partial charge in [0.05, 0.1) is 12.5 Å². The van der Waals surface area contributed by atoms with Gasteiger partial charge >= 0.3 is 12.1 Å². The van der Waals surface area contributed by atoms with E-state index in [0.29, 0.717) is 11.5 Å². The van der Waals surface area contributed by atoms with Gasteiger partial charge in [-0.1, -0.05) is 0 Å². The van der Waals surface area contributed by atoms with Gasteiger partial charge in [0.1, 0.15) is 6.54 Å². The standard InChI is InChI=1S/C11H19F3N2O4/c1-2-20-5-3-4-16(7-11(12,13)14)10(19)8(15)6-9(17)18/h8H,2-7,15H2,1H3,(H,17,18). The Morgan fingerprint density at radius 2 is 2.00 bits per heavy atom. The molecule has 9 heteroatoms. The Morgan fingerprint density at radius 3 is 2.45 bits per heavy atom. The predicted octanol–water partition coefficient (Wildman–Crippen LogP) is 0.606. The smallest absolute Gasteiger partial charge is 0.406 e. The lowest BCUT2D eigenvalue weighted by atomic mass is 10.2. The van der Waals surface area contributed by atoms with Crippen LogP contribution in [-0.2, 0) is 14.3 Å². The number of nitrogens with two attached hydrogens (primary N) is 1. The van der Waals surface area contributed by atoms with Crippen molar-refractivity contribution in [1.29, 1.82) is 0 Å². The molecule has 6 nitrogen and oxygen atoms in total. The molecular weight excluding hydrogens is 281 g/mol. The molecule has 118 valence electrons. The summed E-state index contributed by atoms with van der Waals surface area (Å²) in [6.07, 6.45) is -5.06. The molecule has 1 unspecified atom stereocenters. The van der Waals surface area contributed by atoms with Crippen LogP contribution < -0.4 is 5.73 Å². The summed E-state index contributed by atoms with van der Waals surface area (Å²) in [7, 11) is 0. The zero-order valence-electron chi connectivity index (χ0n) is 11.2. The average Bonchev–Trinajstić information content (AvgIpc) is 2.29. The molecule has 0 radical (unpaired) electrons. The van der Waals surface area contributed by atoms with Crippen LogP contribution in [0.15, 0.2) is 0 Å². The van der Waals surface area contributed by atoms with Crippen molar-refractivity contribution in [3.8, 4) is 0 Å². The summed E-state index contributed by atoms with van der Waals surface area (Å²) >= 11 is 0. The lowest BCUT2D eigenvalue weighted by Gasteiger charge is -2.26. The van der Waals surface area contributed by atoms with E-state index in [4.69, 9.17) is 15.6 Å². The van der Waals surface area contributed by atoms with Crippen LogP contribution in [0.2, 0.25) is 0 Å². The highest BCUT2D eigenvalue weighted by molar-refractivity contribution is 5.86. The first-order valence-electron chi connectivity index (χ1n) is 6.08. The quantitative estimate of drug-likeness (QED) is 0.608. The summed E-state index contributed by atoms with van der Waals surface area (Å²) in [6.45, 7) is 0.733. The number of carboxylic acids is 1. The highest BCUT2D eigenvalue weighted by Gasteiger charge is 2.34. The maximum absolute atomic E-state index is 12.4. The first-order valence-corrected chi connectivity index (χ1v) is 6.08. The molecule has 0 rings (SSSR count). The normalized spacial score (nSPS) is 13.1. The van der Waals surface area contributed by atoms with Gasteiger partial charge in [0.15, 0.2) is 0 Å². The number of rotatable bonds is 9. The summed E-state index contributed by atoms with van der Waals surface area (Å²) in [6, 6.07) is -1.48. The van der Waals surface area contributed by atoms with Crippen molar-refractivity contribution in [1.82, 2.24) is 4.90 Å². The van der Waals surface area contributed by atoms with Crippen molar-refractivity contribution >= 4 is 11.9 Å². The van der Waals surface area contributed by atoms with Crippen molar-refractivity contribution in [2.24, 2.45) is 5.73 Å². The summed E-state index contributed by atoms with van der Waals surface area (Å²) in [5.74, 6) is -2.37. The largest absolute Gasteiger partial charge is 0.481 e. The highest BCUT2D eigenvalue weighted by atomic mass is 19.4. The SMILES string of the molecule is CCOCCCN(CC(F)(F)F)C(=O)C(N)CC(=O)O. The molecule has 3 N–H and O–H groups in total. The Hall–Kier alpha value is -1.35. The number of aliphatic carboxylic acids is 1. The first kappa shape index (κ1) is 18.7. The molecule has 0 aliphatic heterocycles. The summed E-state index contributed by atoms with van der Waals surface area (Å²) in [5.41, 5.74) is 5.30. The van der Waals surface area contributed by atoms with Gasteiger partial charge in [-0.15, -0.1) is 0 Å². The van der Waals surface area contributed by atoms with Gasteiger partial charge < -0.3 is 20.5 Å². The minimum atomic E-state index is -4.57. The van der Waals surface area contributed by atoms with E-state index in [1.807, 2.05) is 0 Å². The number of halogens is 3. The number of carboxylic acid groups (broad SMARTS) is 1. The lowest BCUT2D eigenvalue weighted by molar-refractivity contribution is -0.163. The maximum Gasteiger partial charge on any atom is 0.406 e. The fraction of sp³-hybridized carbons (Fsp3) is 0.818. The van der Waals surface area contributed by atoms with Gasteiger partial charge in [-0.25, -0.2) is 0 Å². The molecular formula is C11H19F3N2O4. The molecule has 1 amide bonds. The van der Waals surface area contributed by atoms with E-state index in [1.165, 1.54) is 0 Å². The van der Waals surface area contributed by atoms with Crippen molar-refractivity contribution < 1.29 is 32.6 Å². The third-order valence-electron chi connectivity index (χ3n) is 2.31. The second-order valence-corrected chi connectivity index (χ2v) is 4.13. The third kappa shape index (κ3) is 8.70. The Morgan fingerprint density at radius 1 is 1.40 bits per heavy atom. The first-order chi connectivity index (χ1) is 9.17. The number of hydrogen-bond donors (Lipinski definition) is 2. The van der Waals surface area contributed by atoms with Crippen LogP contribution in [0, 0.1) is 0 Å². The van der Waals surface area contributed by atoms with Crippen molar-refractivity contribution in [2.75, 3.05) is 26.3 Å². The number of alkyl halides is 3. The number of amides is 1. The topological polar surface area (TPSA) is 92.9 Å². The molecule has 0 aromatic carbocycles. The van der Waals surface area contributed by atoms with Crippen LogP contribution in [0.5, 0.6) is 0 Å². The Bertz CT molecular complexity index is 323. The van der Waals surface area contributed by atoms with E-state index in [-0.39, 0.29) is 19.6 Å². The van der Waals surface area contributed by atoms with E-state index in [2.05, 4.69) is 0 Å². The zero-order chi connectivity index (χ0) is 15.8. The molecule has 0 fully saturated rings.